The fraction of sp³-hybridized carbons (Fsp3) is 0.214. The lowest BCUT2D eigenvalue weighted by Crippen LogP contribution is -2.07. The highest BCUT2D eigenvalue weighted by molar-refractivity contribution is 5.90. The molecule has 18 heavy (non-hydrogen) atoms. The van der Waals surface area contributed by atoms with Gasteiger partial charge in [-0.1, -0.05) is 6.92 Å². The van der Waals surface area contributed by atoms with Crippen molar-refractivity contribution in [2.75, 3.05) is 6.61 Å². The first-order chi connectivity index (χ1) is 8.79. The van der Waals surface area contributed by atoms with Gasteiger partial charge in [-0.3, -0.25) is 0 Å². The minimum absolute atomic E-state index is 0.390. The van der Waals surface area contributed by atoms with Gasteiger partial charge in [0.25, 0.3) is 0 Å². The summed E-state index contributed by atoms with van der Waals surface area (Å²) in [7, 11) is 0. The molecule has 1 heterocycles. The van der Waals surface area contributed by atoms with Crippen molar-refractivity contribution < 1.29 is 18.7 Å². The quantitative estimate of drug-likeness (QED) is 0.600. The molecule has 0 spiro atoms. The van der Waals surface area contributed by atoms with Gasteiger partial charge in [-0.2, -0.15) is 0 Å². The first-order valence-electron chi connectivity index (χ1n) is 5.77. The maximum absolute atomic E-state index is 11.6. The van der Waals surface area contributed by atoms with Crippen LogP contribution < -0.4 is 9.47 Å². The van der Waals surface area contributed by atoms with Crippen molar-refractivity contribution in [3.63, 3.8) is 0 Å². The Hall–Kier alpha value is -2.23. The smallest absolute Gasteiger partial charge is 0.346 e. The summed E-state index contributed by atoms with van der Waals surface area (Å²) in [4.78, 5) is 11.6. The van der Waals surface area contributed by atoms with Crippen molar-refractivity contribution in [1.29, 1.82) is 0 Å². The first-order valence-corrected chi connectivity index (χ1v) is 5.77. The second-order valence-corrected chi connectivity index (χ2v) is 3.72. The van der Waals surface area contributed by atoms with Gasteiger partial charge in [-0.25, -0.2) is 4.79 Å². The molecule has 0 atom stereocenters. The average Bonchev–Trinajstić information content (AvgIpc) is 2.92. The van der Waals surface area contributed by atoms with E-state index in [1.807, 2.05) is 6.92 Å². The molecule has 0 unspecified atom stereocenters. The van der Waals surface area contributed by atoms with Crippen LogP contribution in [0.25, 0.3) is 0 Å². The fourth-order valence-corrected chi connectivity index (χ4v) is 1.37. The van der Waals surface area contributed by atoms with E-state index in [1.165, 1.54) is 12.5 Å². The Morgan fingerprint density at radius 3 is 2.50 bits per heavy atom. The van der Waals surface area contributed by atoms with E-state index < -0.39 is 5.97 Å². The average molecular weight is 246 g/mol. The van der Waals surface area contributed by atoms with Crippen LogP contribution in [0, 0.1) is 0 Å². The van der Waals surface area contributed by atoms with Crippen molar-refractivity contribution in [1.82, 2.24) is 0 Å². The van der Waals surface area contributed by atoms with Crippen LogP contribution >= 0.6 is 0 Å². The second kappa shape index (κ2) is 5.91. The lowest BCUT2D eigenvalue weighted by molar-refractivity contribution is 0.0734. The fourth-order valence-electron chi connectivity index (χ4n) is 1.37. The molecule has 4 nitrogen and oxygen atoms in total. The molecule has 0 amide bonds. The number of hydrogen-bond acceptors (Lipinski definition) is 4. The topological polar surface area (TPSA) is 48.7 Å². The van der Waals surface area contributed by atoms with Crippen LogP contribution in [-0.2, 0) is 0 Å². The van der Waals surface area contributed by atoms with E-state index in [4.69, 9.17) is 13.9 Å². The molecule has 1 aromatic heterocycles. The number of rotatable bonds is 5. The SMILES string of the molecule is CCCOc1ccc(OC(=O)c2ccoc2)cc1. The molecule has 94 valence electrons. The van der Waals surface area contributed by atoms with Gasteiger partial charge in [0.15, 0.2) is 0 Å². The van der Waals surface area contributed by atoms with Crippen LogP contribution in [0.5, 0.6) is 11.5 Å². The zero-order valence-electron chi connectivity index (χ0n) is 10.1. The summed E-state index contributed by atoms with van der Waals surface area (Å²) < 4.78 is 15.4. The number of carbonyl (C=O) groups is 1. The van der Waals surface area contributed by atoms with Crippen molar-refractivity contribution in [2.24, 2.45) is 0 Å². The molecule has 0 aliphatic rings. The van der Waals surface area contributed by atoms with Gasteiger partial charge in [0.05, 0.1) is 18.4 Å². The largest absolute Gasteiger partial charge is 0.494 e. The summed E-state index contributed by atoms with van der Waals surface area (Å²) in [6.45, 7) is 2.72. The molecule has 0 bridgehead atoms. The molecule has 2 rings (SSSR count). The standard InChI is InChI=1S/C14H14O4/c1-2-8-17-12-3-5-13(6-4-12)18-14(15)11-7-9-16-10-11/h3-7,9-10H,2,8H2,1H3. The molecular formula is C14H14O4. The summed E-state index contributed by atoms with van der Waals surface area (Å²) in [5.41, 5.74) is 0.390. The third kappa shape index (κ3) is 3.13. The lowest BCUT2D eigenvalue weighted by atomic mass is 10.3. The third-order valence-corrected chi connectivity index (χ3v) is 2.26. The molecule has 0 N–H and O–H groups in total. The molecule has 1 aromatic carbocycles. The van der Waals surface area contributed by atoms with Gasteiger partial charge >= 0.3 is 5.97 Å². The van der Waals surface area contributed by atoms with Crippen molar-refractivity contribution in [3.8, 4) is 11.5 Å². The molecule has 2 aromatic rings. The highest BCUT2D eigenvalue weighted by Crippen LogP contribution is 2.18. The van der Waals surface area contributed by atoms with E-state index in [9.17, 15) is 4.79 Å². The van der Waals surface area contributed by atoms with Crippen LogP contribution in [0.1, 0.15) is 23.7 Å². The van der Waals surface area contributed by atoms with Crippen LogP contribution in [0.4, 0.5) is 0 Å². The summed E-state index contributed by atoms with van der Waals surface area (Å²) in [5.74, 6) is 0.802. The highest BCUT2D eigenvalue weighted by Gasteiger charge is 2.09. The van der Waals surface area contributed by atoms with Gasteiger partial charge in [-0.15, -0.1) is 0 Å². The molecule has 4 heteroatoms. The summed E-state index contributed by atoms with van der Waals surface area (Å²) in [6, 6.07) is 8.49. The Kier molecular flexibility index (Phi) is 4.02. The number of benzene rings is 1. The number of esters is 1. The zero-order valence-corrected chi connectivity index (χ0v) is 10.1. The molecule has 0 saturated carbocycles. The molecule has 0 radical (unpaired) electrons. The van der Waals surface area contributed by atoms with Gasteiger partial charge in [0, 0.05) is 0 Å². The van der Waals surface area contributed by atoms with Gasteiger partial charge < -0.3 is 13.9 Å². The summed E-state index contributed by atoms with van der Waals surface area (Å²) in [6.07, 6.45) is 3.73. The van der Waals surface area contributed by atoms with E-state index in [1.54, 1.807) is 30.3 Å². The van der Waals surface area contributed by atoms with Crippen molar-refractivity contribution in [3.05, 3.63) is 48.4 Å². The van der Waals surface area contributed by atoms with E-state index in [2.05, 4.69) is 0 Å². The normalized spacial score (nSPS) is 10.1. The van der Waals surface area contributed by atoms with E-state index >= 15 is 0 Å². The number of ether oxygens (including phenoxy) is 2. The zero-order chi connectivity index (χ0) is 12.8. The highest BCUT2D eigenvalue weighted by atomic mass is 16.5. The minimum Gasteiger partial charge on any atom is -0.494 e. The summed E-state index contributed by atoms with van der Waals surface area (Å²) in [5, 5.41) is 0. The van der Waals surface area contributed by atoms with Crippen LogP contribution in [0.3, 0.4) is 0 Å². The maximum Gasteiger partial charge on any atom is 0.346 e. The molecule has 0 fully saturated rings. The van der Waals surface area contributed by atoms with E-state index in [-0.39, 0.29) is 0 Å². The van der Waals surface area contributed by atoms with Crippen LogP contribution in [0.2, 0.25) is 0 Å². The molecule has 0 saturated heterocycles. The monoisotopic (exact) mass is 246 g/mol. The molecule has 0 aliphatic carbocycles. The van der Waals surface area contributed by atoms with E-state index in [0.717, 1.165) is 12.2 Å². The van der Waals surface area contributed by atoms with Crippen LogP contribution in [0.15, 0.2) is 47.3 Å². The maximum atomic E-state index is 11.6. The number of carbonyl (C=O) groups excluding carboxylic acids is 1. The predicted molar refractivity (Wildman–Crippen MR) is 65.9 cm³/mol. The molecule has 0 aliphatic heterocycles. The Morgan fingerprint density at radius 2 is 1.89 bits per heavy atom. The second-order valence-electron chi connectivity index (χ2n) is 3.72. The van der Waals surface area contributed by atoms with E-state index in [0.29, 0.717) is 17.9 Å². The van der Waals surface area contributed by atoms with Crippen LogP contribution in [-0.4, -0.2) is 12.6 Å². The Balaban J connectivity index is 1.96. The van der Waals surface area contributed by atoms with Gasteiger partial charge in [0.1, 0.15) is 17.8 Å². The van der Waals surface area contributed by atoms with Crippen molar-refractivity contribution in [2.45, 2.75) is 13.3 Å². The Bertz CT molecular complexity index is 485. The Morgan fingerprint density at radius 1 is 1.17 bits per heavy atom. The lowest BCUT2D eigenvalue weighted by Gasteiger charge is -2.06. The molecular weight excluding hydrogens is 232 g/mol. The minimum atomic E-state index is -0.439. The third-order valence-electron chi connectivity index (χ3n) is 2.26. The van der Waals surface area contributed by atoms with Gasteiger partial charge in [-0.05, 0) is 36.8 Å². The van der Waals surface area contributed by atoms with Crippen molar-refractivity contribution >= 4 is 5.97 Å². The number of furan rings is 1. The summed E-state index contributed by atoms with van der Waals surface area (Å²) >= 11 is 0. The van der Waals surface area contributed by atoms with Gasteiger partial charge in [0.2, 0.25) is 0 Å². The number of hydrogen-bond donors (Lipinski definition) is 0. The first kappa shape index (κ1) is 12.2. The Labute approximate surface area is 105 Å². The predicted octanol–water partition coefficient (Wildman–Crippen LogP) is 3.29.